The van der Waals surface area contributed by atoms with Gasteiger partial charge in [-0.25, -0.2) is 4.79 Å². The van der Waals surface area contributed by atoms with E-state index >= 15 is 0 Å². The van der Waals surface area contributed by atoms with Crippen molar-refractivity contribution in [3.05, 3.63) is 42.1 Å². The lowest BCUT2D eigenvalue weighted by Gasteiger charge is -2.43. The molecule has 2 fully saturated rings. The number of likely N-dealkylation sites (tertiary alicyclic amines) is 1. The van der Waals surface area contributed by atoms with Gasteiger partial charge in [0.1, 0.15) is 6.61 Å². The molecule has 0 spiro atoms. The molecule has 0 amide bonds. The molecule has 2 N–H and O–H groups in total. The zero-order valence-electron chi connectivity index (χ0n) is 17.1. The number of methoxy groups -OCH3 is 1. The van der Waals surface area contributed by atoms with E-state index in [1.165, 1.54) is 10.9 Å². The number of carboxylic acid groups (broad SMARTS) is 2. The number of ether oxygens (including phenoxy) is 2. The van der Waals surface area contributed by atoms with E-state index in [4.69, 9.17) is 24.5 Å². The van der Waals surface area contributed by atoms with Gasteiger partial charge in [-0.3, -0.25) is 14.7 Å². The van der Waals surface area contributed by atoms with Crippen LogP contribution in [0.1, 0.15) is 31.2 Å². The molecular weight excluding hydrogens is 388 g/mol. The monoisotopic (exact) mass is 416 g/mol. The molecule has 8 nitrogen and oxygen atoms in total. The molecule has 1 aliphatic carbocycles. The van der Waals surface area contributed by atoms with Crippen LogP contribution in [0.4, 0.5) is 0 Å². The van der Waals surface area contributed by atoms with Gasteiger partial charge in [0.2, 0.25) is 0 Å². The third kappa shape index (κ3) is 4.77. The maximum absolute atomic E-state index is 10.9. The van der Waals surface area contributed by atoms with Gasteiger partial charge in [0.15, 0.2) is 0 Å². The molecule has 1 aromatic heterocycles. The topological polar surface area (TPSA) is 109 Å². The number of aromatic nitrogens is 1. The van der Waals surface area contributed by atoms with E-state index in [2.05, 4.69) is 22.0 Å². The van der Waals surface area contributed by atoms with Gasteiger partial charge in [0, 0.05) is 37.8 Å². The third-order valence-electron chi connectivity index (χ3n) is 6.21. The first-order valence-electron chi connectivity index (χ1n) is 10.1. The smallest absolute Gasteiger partial charge is 0.329 e. The SMILES string of the molecule is CO[C@@]12CC[C@@H](OCC(=O)O)C[C@@H]1N(Cc1ccnc3ccccc13)CC2.O=CO. The minimum absolute atomic E-state index is 0.0239. The van der Waals surface area contributed by atoms with Gasteiger partial charge in [-0.05, 0) is 43.4 Å². The average Bonchev–Trinajstić information content (AvgIpc) is 3.11. The summed E-state index contributed by atoms with van der Waals surface area (Å²) in [7, 11) is 1.80. The molecule has 2 heterocycles. The second-order valence-electron chi connectivity index (χ2n) is 7.70. The minimum Gasteiger partial charge on any atom is -0.483 e. The summed E-state index contributed by atoms with van der Waals surface area (Å²) in [4.78, 5) is 26.1. The van der Waals surface area contributed by atoms with Crippen molar-refractivity contribution in [3.8, 4) is 0 Å². The van der Waals surface area contributed by atoms with Crippen LogP contribution in [-0.2, 0) is 25.6 Å². The first-order valence-corrected chi connectivity index (χ1v) is 10.1. The molecule has 1 aromatic carbocycles. The fraction of sp³-hybridized carbons (Fsp3) is 0.500. The van der Waals surface area contributed by atoms with Gasteiger partial charge in [-0.1, -0.05) is 18.2 Å². The van der Waals surface area contributed by atoms with Crippen molar-refractivity contribution < 1.29 is 29.3 Å². The molecule has 1 saturated carbocycles. The third-order valence-corrected chi connectivity index (χ3v) is 6.21. The number of hydrogen-bond donors (Lipinski definition) is 2. The van der Waals surface area contributed by atoms with Gasteiger partial charge in [-0.15, -0.1) is 0 Å². The van der Waals surface area contributed by atoms with E-state index in [-0.39, 0.29) is 30.8 Å². The van der Waals surface area contributed by atoms with Crippen molar-refractivity contribution in [2.75, 3.05) is 20.3 Å². The molecule has 1 saturated heterocycles. The second-order valence-corrected chi connectivity index (χ2v) is 7.70. The molecule has 1 aliphatic heterocycles. The maximum atomic E-state index is 10.9. The summed E-state index contributed by atoms with van der Waals surface area (Å²) >= 11 is 0. The van der Waals surface area contributed by atoms with Crippen LogP contribution in [0.3, 0.4) is 0 Å². The molecule has 4 rings (SSSR count). The summed E-state index contributed by atoms with van der Waals surface area (Å²) in [5, 5.41) is 17.0. The fourth-order valence-corrected chi connectivity index (χ4v) is 4.80. The molecule has 2 aromatic rings. The summed E-state index contributed by atoms with van der Waals surface area (Å²) < 4.78 is 11.6. The Morgan fingerprint density at radius 3 is 2.83 bits per heavy atom. The number of benzene rings is 1. The molecule has 2 aliphatic rings. The molecule has 0 bridgehead atoms. The first kappa shape index (κ1) is 22.1. The van der Waals surface area contributed by atoms with E-state index < -0.39 is 5.97 Å². The highest BCUT2D eigenvalue weighted by Crippen LogP contribution is 2.43. The van der Waals surface area contributed by atoms with Crippen LogP contribution in [-0.4, -0.2) is 70.5 Å². The number of fused-ring (bicyclic) bond motifs is 2. The average molecular weight is 416 g/mol. The Hall–Kier alpha value is -2.55. The summed E-state index contributed by atoms with van der Waals surface area (Å²) in [6, 6.07) is 10.6. The molecule has 0 unspecified atom stereocenters. The number of nitrogens with zero attached hydrogens (tertiary/aromatic N) is 2. The number of rotatable bonds is 6. The van der Waals surface area contributed by atoms with Crippen LogP contribution in [0, 0.1) is 0 Å². The van der Waals surface area contributed by atoms with Crippen LogP contribution in [0.25, 0.3) is 10.9 Å². The molecule has 8 heteroatoms. The predicted octanol–water partition coefficient (Wildman–Crippen LogP) is 2.55. The number of pyridine rings is 1. The fourth-order valence-electron chi connectivity index (χ4n) is 4.80. The Morgan fingerprint density at radius 2 is 2.10 bits per heavy atom. The van der Waals surface area contributed by atoms with Crippen molar-refractivity contribution in [1.82, 2.24) is 9.88 Å². The Balaban J connectivity index is 0.000000806. The first-order chi connectivity index (χ1) is 14.5. The van der Waals surface area contributed by atoms with Crippen molar-refractivity contribution >= 4 is 23.3 Å². The number of hydrogen-bond acceptors (Lipinski definition) is 6. The van der Waals surface area contributed by atoms with Gasteiger partial charge in [0.25, 0.3) is 6.47 Å². The van der Waals surface area contributed by atoms with Crippen molar-refractivity contribution in [1.29, 1.82) is 0 Å². The van der Waals surface area contributed by atoms with Crippen LogP contribution in [0.15, 0.2) is 36.5 Å². The van der Waals surface area contributed by atoms with E-state index in [9.17, 15) is 4.79 Å². The molecule has 30 heavy (non-hydrogen) atoms. The van der Waals surface area contributed by atoms with Crippen molar-refractivity contribution in [2.24, 2.45) is 0 Å². The van der Waals surface area contributed by atoms with Crippen LogP contribution in [0.5, 0.6) is 0 Å². The largest absolute Gasteiger partial charge is 0.483 e. The Labute approximate surface area is 175 Å². The van der Waals surface area contributed by atoms with Crippen LogP contribution >= 0.6 is 0 Å². The van der Waals surface area contributed by atoms with Crippen LogP contribution in [0.2, 0.25) is 0 Å². The lowest BCUT2D eigenvalue weighted by atomic mass is 9.79. The van der Waals surface area contributed by atoms with E-state index in [0.29, 0.717) is 0 Å². The normalized spacial score (nSPS) is 25.9. The Kier molecular flexibility index (Phi) is 7.36. The van der Waals surface area contributed by atoms with Gasteiger partial charge in [-0.2, -0.15) is 0 Å². The highest BCUT2D eigenvalue weighted by Gasteiger charge is 2.51. The standard InChI is InChI=1S/C21H26N2O4.CH2O2/c1-26-21-8-6-16(27-14-20(24)25)12-19(21)23(11-9-21)13-15-7-10-22-18-5-3-2-4-17(15)18;2-1-3/h2-5,7,10,16,19H,6,8-9,11-14H2,1H3,(H,24,25);1H,(H,2,3)/t16-,19+,21-;/m1./s1. The number of carboxylic acids is 1. The number of para-hydroxylation sites is 1. The lowest BCUT2D eigenvalue weighted by molar-refractivity contribution is -0.148. The second kappa shape index (κ2) is 9.97. The molecule has 3 atom stereocenters. The zero-order chi connectivity index (χ0) is 21.6. The predicted molar refractivity (Wildman–Crippen MR) is 110 cm³/mol. The summed E-state index contributed by atoms with van der Waals surface area (Å²) in [5.74, 6) is -0.912. The highest BCUT2D eigenvalue weighted by molar-refractivity contribution is 5.81. The minimum atomic E-state index is -0.912. The van der Waals surface area contributed by atoms with Crippen LogP contribution < -0.4 is 0 Å². The quantitative estimate of drug-likeness (QED) is 0.692. The number of aliphatic carboxylic acids is 1. The Bertz CT molecular complexity index is 870. The zero-order valence-corrected chi connectivity index (χ0v) is 17.1. The lowest BCUT2D eigenvalue weighted by Crippen LogP contribution is -2.51. The van der Waals surface area contributed by atoms with Crippen molar-refractivity contribution in [3.63, 3.8) is 0 Å². The molecule has 0 radical (unpaired) electrons. The summed E-state index contributed by atoms with van der Waals surface area (Å²) in [5.41, 5.74) is 2.13. The van der Waals surface area contributed by atoms with E-state index in [1.54, 1.807) is 7.11 Å². The Morgan fingerprint density at radius 1 is 1.33 bits per heavy atom. The van der Waals surface area contributed by atoms with Gasteiger partial charge in [0.05, 0.1) is 17.2 Å². The van der Waals surface area contributed by atoms with E-state index in [1.807, 2.05) is 24.4 Å². The summed E-state index contributed by atoms with van der Waals surface area (Å²) in [6.07, 6.45) is 5.42. The maximum Gasteiger partial charge on any atom is 0.329 e. The highest BCUT2D eigenvalue weighted by atomic mass is 16.5. The van der Waals surface area contributed by atoms with Gasteiger partial charge < -0.3 is 19.7 Å². The number of carbonyl (C=O) groups is 2. The van der Waals surface area contributed by atoms with E-state index in [0.717, 1.165) is 44.3 Å². The molecular formula is C22H28N2O6. The molecule has 162 valence electrons. The summed E-state index contributed by atoms with van der Waals surface area (Å²) in [6.45, 7) is 1.33. The van der Waals surface area contributed by atoms with Gasteiger partial charge >= 0.3 is 5.97 Å². The van der Waals surface area contributed by atoms with Crippen molar-refractivity contribution in [2.45, 2.75) is 50.0 Å².